The van der Waals surface area contributed by atoms with E-state index in [1.807, 2.05) is 6.07 Å². The highest BCUT2D eigenvalue weighted by molar-refractivity contribution is 6.02. The molecule has 1 fully saturated rings. The average Bonchev–Trinajstić information content (AvgIpc) is 2.94. The number of hydrogen-bond donors (Lipinski definition) is 1. The summed E-state index contributed by atoms with van der Waals surface area (Å²) in [6.45, 7) is 1.64. The summed E-state index contributed by atoms with van der Waals surface area (Å²) >= 11 is 0. The van der Waals surface area contributed by atoms with Crippen molar-refractivity contribution in [2.45, 2.75) is 18.9 Å². The molecule has 1 amide bonds. The summed E-state index contributed by atoms with van der Waals surface area (Å²) in [6, 6.07) is 7.47. The third-order valence-corrected chi connectivity index (χ3v) is 3.56. The molecule has 5 heteroatoms. The zero-order valence-corrected chi connectivity index (χ0v) is 10.6. The van der Waals surface area contributed by atoms with Crippen molar-refractivity contribution in [3.8, 4) is 6.07 Å². The lowest BCUT2D eigenvalue weighted by atomic mass is 10.1. The fourth-order valence-electron chi connectivity index (χ4n) is 2.57. The first-order valence-electron chi connectivity index (χ1n) is 6.48. The molecular formula is C14H15N3O2. The SMILES string of the molecule is N#Cc1ccc2c(c1)N(CC1CCCO1)C(=O)CN2. The minimum absolute atomic E-state index is 0.0260. The van der Waals surface area contributed by atoms with Crippen LogP contribution in [0.3, 0.4) is 0 Å². The molecule has 2 heterocycles. The van der Waals surface area contributed by atoms with Gasteiger partial charge in [0, 0.05) is 6.61 Å². The maximum absolute atomic E-state index is 12.1. The van der Waals surface area contributed by atoms with E-state index in [0.29, 0.717) is 18.7 Å². The molecule has 2 aliphatic rings. The molecule has 1 aromatic carbocycles. The summed E-state index contributed by atoms with van der Waals surface area (Å²) in [7, 11) is 0. The fraction of sp³-hybridized carbons (Fsp3) is 0.429. The molecule has 1 unspecified atom stereocenters. The summed E-state index contributed by atoms with van der Waals surface area (Å²) in [5.41, 5.74) is 2.25. The number of ether oxygens (including phenoxy) is 1. The van der Waals surface area contributed by atoms with Gasteiger partial charge in [0.2, 0.25) is 5.91 Å². The quantitative estimate of drug-likeness (QED) is 0.872. The van der Waals surface area contributed by atoms with Crippen molar-refractivity contribution in [3.05, 3.63) is 23.8 Å². The van der Waals surface area contributed by atoms with Gasteiger partial charge in [-0.1, -0.05) is 0 Å². The third kappa shape index (κ3) is 2.27. The Kier molecular flexibility index (Phi) is 3.10. The highest BCUT2D eigenvalue weighted by Gasteiger charge is 2.28. The molecule has 1 atom stereocenters. The van der Waals surface area contributed by atoms with E-state index in [9.17, 15) is 4.79 Å². The van der Waals surface area contributed by atoms with Gasteiger partial charge < -0.3 is 15.0 Å². The molecule has 1 saturated heterocycles. The van der Waals surface area contributed by atoms with Gasteiger partial charge in [0.1, 0.15) is 0 Å². The largest absolute Gasteiger partial charge is 0.376 e. The van der Waals surface area contributed by atoms with E-state index < -0.39 is 0 Å². The normalized spacial score (nSPS) is 21.7. The van der Waals surface area contributed by atoms with Crippen LogP contribution in [0.1, 0.15) is 18.4 Å². The second kappa shape index (κ2) is 4.90. The summed E-state index contributed by atoms with van der Waals surface area (Å²) < 4.78 is 5.60. The van der Waals surface area contributed by atoms with Crippen LogP contribution >= 0.6 is 0 Å². The van der Waals surface area contributed by atoms with Crippen molar-refractivity contribution >= 4 is 17.3 Å². The van der Waals surface area contributed by atoms with Crippen molar-refractivity contribution in [1.82, 2.24) is 0 Å². The van der Waals surface area contributed by atoms with Gasteiger partial charge in [-0.15, -0.1) is 0 Å². The molecule has 0 radical (unpaired) electrons. The van der Waals surface area contributed by atoms with Gasteiger partial charge in [0.05, 0.1) is 42.2 Å². The number of fused-ring (bicyclic) bond motifs is 1. The first-order chi connectivity index (χ1) is 9.28. The van der Waals surface area contributed by atoms with E-state index >= 15 is 0 Å². The maximum atomic E-state index is 12.1. The molecular weight excluding hydrogens is 242 g/mol. The molecule has 0 aromatic heterocycles. The Balaban J connectivity index is 1.91. The van der Waals surface area contributed by atoms with Gasteiger partial charge in [0.15, 0.2) is 0 Å². The Labute approximate surface area is 111 Å². The van der Waals surface area contributed by atoms with Gasteiger partial charge >= 0.3 is 0 Å². The smallest absolute Gasteiger partial charge is 0.246 e. The van der Waals surface area contributed by atoms with Gasteiger partial charge in [-0.25, -0.2) is 0 Å². The number of nitriles is 1. The number of carbonyl (C=O) groups is 1. The zero-order valence-electron chi connectivity index (χ0n) is 10.6. The number of benzene rings is 1. The van der Waals surface area contributed by atoms with E-state index in [2.05, 4.69) is 11.4 Å². The second-order valence-electron chi connectivity index (χ2n) is 4.84. The first-order valence-corrected chi connectivity index (χ1v) is 6.48. The molecule has 0 bridgehead atoms. The molecule has 0 aliphatic carbocycles. The lowest BCUT2D eigenvalue weighted by Crippen LogP contribution is -2.43. The molecule has 0 saturated carbocycles. The van der Waals surface area contributed by atoms with Crippen LogP contribution in [-0.2, 0) is 9.53 Å². The van der Waals surface area contributed by atoms with Crippen LogP contribution in [0.25, 0.3) is 0 Å². The topological polar surface area (TPSA) is 65.4 Å². The van der Waals surface area contributed by atoms with Crippen LogP contribution in [-0.4, -0.2) is 31.7 Å². The lowest BCUT2D eigenvalue weighted by molar-refractivity contribution is -0.117. The van der Waals surface area contributed by atoms with Crippen LogP contribution in [0.5, 0.6) is 0 Å². The van der Waals surface area contributed by atoms with Crippen molar-refractivity contribution < 1.29 is 9.53 Å². The van der Waals surface area contributed by atoms with E-state index in [1.54, 1.807) is 17.0 Å². The molecule has 98 valence electrons. The third-order valence-electron chi connectivity index (χ3n) is 3.56. The molecule has 1 aromatic rings. The number of rotatable bonds is 2. The maximum Gasteiger partial charge on any atom is 0.246 e. The Morgan fingerprint density at radius 1 is 1.53 bits per heavy atom. The van der Waals surface area contributed by atoms with E-state index in [1.165, 1.54) is 0 Å². The van der Waals surface area contributed by atoms with Crippen molar-refractivity contribution in [2.24, 2.45) is 0 Å². The minimum Gasteiger partial charge on any atom is -0.376 e. The molecule has 1 N–H and O–H groups in total. The highest BCUT2D eigenvalue weighted by atomic mass is 16.5. The number of amides is 1. The van der Waals surface area contributed by atoms with Crippen LogP contribution < -0.4 is 10.2 Å². The van der Waals surface area contributed by atoms with E-state index in [-0.39, 0.29) is 12.0 Å². The highest BCUT2D eigenvalue weighted by Crippen LogP contribution is 2.31. The fourth-order valence-corrected chi connectivity index (χ4v) is 2.57. The second-order valence-corrected chi connectivity index (χ2v) is 4.84. The van der Waals surface area contributed by atoms with Crippen LogP contribution in [0.4, 0.5) is 11.4 Å². The van der Waals surface area contributed by atoms with Crippen LogP contribution in [0, 0.1) is 11.3 Å². The molecule has 0 spiro atoms. The molecule has 3 rings (SSSR count). The van der Waals surface area contributed by atoms with Crippen LogP contribution in [0.15, 0.2) is 18.2 Å². The Morgan fingerprint density at radius 3 is 3.16 bits per heavy atom. The summed E-state index contributed by atoms with van der Waals surface area (Å²) in [5, 5.41) is 12.1. The van der Waals surface area contributed by atoms with Gasteiger partial charge in [-0.05, 0) is 31.0 Å². The van der Waals surface area contributed by atoms with Gasteiger partial charge in [-0.2, -0.15) is 5.26 Å². The number of nitrogens with zero attached hydrogens (tertiary/aromatic N) is 2. The van der Waals surface area contributed by atoms with Gasteiger partial charge in [-0.3, -0.25) is 4.79 Å². The predicted octanol–water partition coefficient (Wildman–Crippen LogP) is 1.50. The number of nitrogens with one attached hydrogen (secondary N) is 1. The van der Waals surface area contributed by atoms with Crippen LogP contribution in [0.2, 0.25) is 0 Å². The van der Waals surface area contributed by atoms with Crippen molar-refractivity contribution in [2.75, 3.05) is 29.9 Å². The lowest BCUT2D eigenvalue weighted by Gasteiger charge is -2.31. The standard InChI is InChI=1S/C14H15N3O2/c15-7-10-3-4-12-13(6-10)17(14(18)8-16-12)9-11-2-1-5-19-11/h3-4,6,11,16H,1-2,5,8-9H2. The predicted molar refractivity (Wildman–Crippen MR) is 71.0 cm³/mol. The molecule has 19 heavy (non-hydrogen) atoms. The molecule has 5 nitrogen and oxygen atoms in total. The van der Waals surface area contributed by atoms with E-state index in [4.69, 9.17) is 10.00 Å². The van der Waals surface area contributed by atoms with E-state index in [0.717, 1.165) is 30.8 Å². The van der Waals surface area contributed by atoms with Gasteiger partial charge in [0.25, 0.3) is 0 Å². The zero-order chi connectivity index (χ0) is 13.2. The summed E-state index contributed by atoms with van der Waals surface area (Å²) in [5.74, 6) is 0.0260. The Bertz CT molecular complexity index is 544. The number of hydrogen-bond acceptors (Lipinski definition) is 4. The summed E-state index contributed by atoms with van der Waals surface area (Å²) in [4.78, 5) is 13.8. The molecule has 2 aliphatic heterocycles. The summed E-state index contributed by atoms with van der Waals surface area (Å²) in [6.07, 6.45) is 2.15. The first kappa shape index (κ1) is 12.0. The average molecular weight is 257 g/mol. The Morgan fingerprint density at radius 2 is 2.42 bits per heavy atom. The number of carbonyl (C=O) groups excluding carboxylic acids is 1. The minimum atomic E-state index is 0.0260. The van der Waals surface area contributed by atoms with Crippen molar-refractivity contribution in [3.63, 3.8) is 0 Å². The Hall–Kier alpha value is -2.06. The van der Waals surface area contributed by atoms with Crippen molar-refractivity contribution in [1.29, 1.82) is 5.26 Å². The number of anilines is 2. The monoisotopic (exact) mass is 257 g/mol.